The molecule has 0 amide bonds. The van der Waals surface area contributed by atoms with Gasteiger partial charge in [-0.3, -0.25) is 0 Å². The van der Waals surface area contributed by atoms with Crippen LogP contribution in [0.1, 0.15) is 37.0 Å². The highest BCUT2D eigenvalue weighted by atomic mass is 35.5. The smallest absolute Gasteiger partial charge is 0.157 e. The predicted octanol–water partition coefficient (Wildman–Crippen LogP) is 3.17. The van der Waals surface area contributed by atoms with Gasteiger partial charge in [-0.15, -0.1) is 11.8 Å². The molecule has 0 aliphatic carbocycles. The van der Waals surface area contributed by atoms with E-state index in [1.165, 1.54) is 4.91 Å². The molecule has 0 saturated carbocycles. The van der Waals surface area contributed by atoms with Gasteiger partial charge in [0.05, 0.1) is 6.61 Å². The molecule has 3 rings (SSSR count). The zero-order valence-electron chi connectivity index (χ0n) is 14.5. The van der Waals surface area contributed by atoms with Gasteiger partial charge in [-0.05, 0) is 41.4 Å². The van der Waals surface area contributed by atoms with Gasteiger partial charge in [-0.1, -0.05) is 36.7 Å². The highest BCUT2D eigenvalue weighted by Gasteiger charge is 2.45. The number of hydrogen-bond donors (Lipinski definition) is 3. The molecule has 7 heteroatoms. The molecule has 1 saturated heterocycles. The summed E-state index contributed by atoms with van der Waals surface area (Å²) in [5, 5.41) is 30.5. The predicted molar refractivity (Wildman–Crippen MR) is 101 cm³/mol. The van der Waals surface area contributed by atoms with Crippen LogP contribution in [0, 0.1) is 0 Å². The highest BCUT2D eigenvalue weighted by Crippen LogP contribution is 2.39. The third kappa shape index (κ3) is 4.11. The van der Waals surface area contributed by atoms with E-state index in [9.17, 15) is 19.7 Å². The lowest BCUT2D eigenvalue weighted by atomic mass is 9.91. The SMILES string of the molecule is CCC1=CCC(Cc2cc(C3OC(CO)C(F)C(O)C3O)ccc2Cl)S1. The van der Waals surface area contributed by atoms with Gasteiger partial charge in [0.1, 0.15) is 24.4 Å². The van der Waals surface area contributed by atoms with Gasteiger partial charge in [0.15, 0.2) is 6.17 Å². The van der Waals surface area contributed by atoms with E-state index in [2.05, 4.69) is 13.0 Å². The van der Waals surface area contributed by atoms with Gasteiger partial charge in [0, 0.05) is 10.3 Å². The second-order valence-electron chi connectivity index (χ2n) is 6.76. The summed E-state index contributed by atoms with van der Waals surface area (Å²) in [7, 11) is 0. The number of hydrogen-bond acceptors (Lipinski definition) is 5. The summed E-state index contributed by atoms with van der Waals surface area (Å²) in [6.45, 7) is 1.57. The fraction of sp³-hybridized carbons (Fsp3) is 0.579. The number of ether oxygens (including phenoxy) is 1. The van der Waals surface area contributed by atoms with E-state index in [-0.39, 0.29) is 0 Å². The minimum atomic E-state index is -1.83. The molecule has 0 spiro atoms. The van der Waals surface area contributed by atoms with Gasteiger partial charge in [-0.25, -0.2) is 4.39 Å². The van der Waals surface area contributed by atoms with Gasteiger partial charge in [-0.2, -0.15) is 0 Å². The maximum Gasteiger partial charge on any atom is 0.157 e. The highest BCUT2D eigenvalue weighted by molar-refractivity contribution is 8.03. The summed E-state index contributed by atoms with van der Waals surface area (Å²) in [6.07, 6.45) is -1.87. The normalized spacial score (nSPS) is 34.8. The topological polar surface area (TPSA) is 69.9 Å². The van der Waals surface area contributed by atoms with Crippen molar-refractivity contribution in [2.24, 2.45) is 0 Å². The molecule has 144 valence electrons. The van der Waals surface area contributed by atoms with Gasteiger partial charge in [0.2, 0.25) is 0 Å². The number of aliphatic hydroxyl groups excluding tert-OH is 3. The number of allylic oxidation sites excluding steroid dienone is 2. The quantitative estimate of drug-likeness (QED) is 0.705. The van der Waals surface area contributed by atoms with E-state index in [1.807, 2.05) is 17.8 Å². The zero-order chi connectivity index (χ0) is 18.8. The van der Waals surface area contributed by atoms with Crippen LogP contribution < -0.4 is 0 Å². The molecule has 2 heterocycles. The summed E-state index contributed by atoms with van der Waals surface area (Å²) in [6, 6.07) is 5.29. The summed E-state index contributed by atoms with van der Waals surface area (Å²) >= 11 is 8.21. The number of thioether (sulfide) groups is 1. The van der Waals surface area contributed by atoms with Crippen LogP contribution in [-0.4, -0.2) is 51.7 Å². The Morgan fingerprint density at radius 2 is 2.08 bits per heavy atom. The monoisotopic (exact) mass is 402 g/mol. The van der Waals surface area contributed by atoms with E-state index in [4.69, 9.17) is 16.3 Å². The average Bonchev–Trinajstić information content (AvgIpc) is 3.10. The van der Waals surface area contributed by atoms with Gasteiger partial charge >= 0.3 is 0 Å². The average molecular weight is 403 g/mol. The first kappa shape index (κ1) is 20.1. The second kappa shape index (κ2) is 8.59. The number of benzene rings is 1. The molecule has 26 heavy (non-hydrogen) atoms. The third-order valence-electron chi connectivity index (χ3n) is 4.96. The van der Waals surface area contributed by atoms with Crippen molar-refractivity contribution in [2.45, 2.75) is 62.0 Å². The first-order valence-corrected chi connectivity index (χ1v) is 10.1. The van der Waals surface area contributed by atoms with E-state index in [0.29, 0.717) is 15.8 Å². The van der Waals surface area contributed by atoms with Gasteiger partial charge < -0.3 is 20.1 Å². The molecule has 2 aliphatic rings. The van der Waals surface area contributed by atoms with Crippen LogP contribution in [0.4, 0.5) is 4.39 Å². The van der Waals surface area contributed by atoms with Crippen molar-refractivity contribution in [3.05, 3.63) is 45.3 Å². The minimum Gasteiger partial charge on any atom is -0.394 e. The van der Waals surface area contributed by atoms with Crippen molar-refractivity contribution in [1.29, 1.82) is 0 Å². The fourth-order valence-corrected chi connectivity index (χ4v) is 4.89. The third-order valence-corrected chi connectivity index (χ3v) is 6.78. The van der Waals surface area contributed by atoms with E-state index < -0.39 is 37.2 Å². The molecule has 4 nitrogen and oxygen atoms in total. The Hall–Kier alpha value is -0.630. The number of rotatable bonds is 5. The second-order valence-corrected chi connectivity index (χ2v) is 8.59. The lowest BCUT2D eigenvalue weighted by molar-refractivity contribution is -0.214. The Morgan fingerprint density at radius 1 is 1.31 bits per heavy atom. The summed E-state index contributed by atoms with van der Waals surface area (Å²) in [4.78, 5) is 1.39. The summed E-state index contributed by atoms with van der Waals surface area (Å²) in [5.74, 6) is 0. The molecule has 0 bridgehead atoms. The number of aliphatic hydroxyl groups is 3. The largest absolute Gasteiger partial charge is 0.394 e. The Labute approximate surface area is 162 Å². The van der Waals surface area contributed by atoms with Crippen molar-refractivity contribution in [2.75, 3.05) is 6.61 Å². The van der Waals surface area contributed by atoms with Crippen LogP contribution in [0.25, 0.3) is 0 Å². The van der Waals surface area contributed by atoms with Crippen molar-refractivity contribution < 1.29 is 24.4 Å². The Balaban J connectivity index is 1.78. The van der Waals surface area contributed by atoms with Crippen molar-refractivity contribution in [1.82, 2.24) is 0 Å². The van der Waals surface area contributed by atoms with Gasteiger partial charge in [0.25, 0.3) is 0 Å². The molecule has 1 fully saturated rings. The van der Waals surface area contributed by atoms with Crippen LogP contribution in [0.3, 0.4) is 0 Å². The Morgan fingerprint density at radius 3 is 2.73 bits per heavy atom. The molecular formula is C19H24ClFO4S. The molecule has 0 radical (unpaired) electrons. The Bertz CT molecular complexity index is 669. The first-order valence-electron chi connectivity index (χ1n) is 8.85. The van der Waals surface area contributed by atoms with Crippen LogP contribution >= 0.6 is 23.4 Å². The molecule has 1 aromatic rings. The maximum atomic E-state index is 13.9. The molecule has 2 aliphatic heterocycles. The molecule has 3 N–H and O–H groups in total. The standard InChI is InChI=1S/C19H24ClFO4S/c1-2-12-4-5-13(26-12)8-11-7-10(3-6-14(11)20)19-18(24)17(23)16(21)15(9-22)25-19/h3-4,6-7,13,15-19,22-24H,2,5,8-9H2,1H3. The van der Waals surface area contributed by atoms with Crippen LogP contribution in [0.15, 0.2) is 29.2 Å². The molecule has 1 aromatic carbocycles. The van der Waals surface area contributed by atoms with Crippen molar-refractivity contribution >= 4 is 23.4 Å². The first-order chi connectivity index (χ1) is 12.4. The zero-order valence-corrected chi connectivity index (χ0v) is 16.1. The number of alkyl halides is 1. The summed E-state index contributed by atoms with van der Waals surface area (Å²) in [5.41, 5.74) is 1.55. The Kier molecular flexibility index (Phi) is 6.64. The van der Waals surface area contributed by atoms with Crippen molar-refractivity contribution in [3.63, 3.8) is 0 Å². The van der Waals surface area contributed by atoms with Crippen LogP contribution in [-0.2, 0) is 11.2 Å². The van der Waals surface area contributed by atoms with E-state index in [1.54, 1.807) is 12.1 Å². The number of halogens is 2. The van der Waals surface area contributed by atoms with E-state index in [0.717, 1.165) is 24.8 Å². The van der Waals surface area contributed by atoms with Crippen LogP contribution in [0.2, 0.25) is 5.02 Å². The lowest BCUT2D eigenvalue weighted by Crippen LogP contribution is -2.53. The summed E-state index contributed by atoms with van der Waals surface area (Å²) < 4.78 is 19.5. The van der Waals surface area contributed by atoms with Crippen molar-refractivity contribution in [3.8, 4) is 0 Å². The van der Waals surface area contributed by atoms with Crippen LogP contribution in [0.5, 0.6) is 0 Å². The fourth-order valence-electron chi connectivity index (χ4n) is 3.45. The minimum absolute atomic E-state index is 0.418. The molecular weight excluding hydrogens is 379 g/mol. The molecule has 6 atom stereocenters. The lowest BCUT2D eigenvalue weighted by Gasteiger charge is -2.39. The molecule has 6 unspecified atom stereocenters. The van der Waals surface area contributed by atoms with E-state index >= 15 is 0 Å². The maximum absolute atomic E-state index is 13.9. The molecule has 0 aromatic heterocycles.